The fourth-order valence-electron chi connectivity index (χ4n) is 6.50. The van der Waals surface area contributed by atoms with Crippen LogP contribution in [0.3, 0.4) is 0 Å². The Morgan fingerprint density at radius 2 is 2.08 bits per heavy atom. The quantitative estimate of drug-likeness (QED) is 0.290. The van der Waals surface area contributed by atoms with Crippen LogP contribution >= 0.6 is 11.6 Å². The molecular weight excluding hydrogens is 484 g/mol. The summed E-state index contributed by atoms with van der Waals surface area (Å²) in [4.78, 5) is 44.7. The number of ether oxygens (including phenoxy) is 2. The van der Waals surface area contributed by atoms with Crippen molar-refractivity contribution in [3.63, 3.8) is 0 Å². The van der Waals surface area contributed by atoms with Crippen LogP contribution in [-0.4, -0.2) is 71.3 Å². The second-order valence-electron chi connectivity index (χ2n) is 10.1. The number of benzene rings is 1. The summed E-state index contributed by atoms with van der Waals surface area (Å²) in [6.45, 7) is 10.0. The summed E-state index contributed by atoms with van der Waals surface area (Å²) >= 11 is 6.48. The van der Waals surface area contributed by atoms with Crippen LogP contribution in [0, 0.1) is 17.8 Å². The van der Waals surface area contributed by atoms with Gasteiger partial charge in [0.1, 0.15) is 17.6 Å². The molecule has 3 fully saturated rings. The van der Waals surface area contributed by atoms with Crippen molar-refractivity contribution < 1.29 is 29.0 Å². The fourth-order valence-corrected chi connectivity index (χ4v) is 6.74. The summed E-state index contributed by atoms with van der Waals surface area (Å²) in [6, 6.07) is 6.09. The lowest BCUT2D eigenvalue weighted by Crippen LogP contribution is -2.57. The predicted molar refractivity (Wildman–Crippen MR) is 135 cm³/mol. The number of esters is 1. The molecule has 1 N–H and O–H groups in total. The van der Waals surface area contributed by atoms with Gasteiger partial charge in [0, 0.05) is 19.7 Å². The van der Waals surface area contributed by atoms with Crippen LogP contribution in [0.15, 0.2) is 36.9 Å². The number of rotatable bonds is 10. The van der Waals surface area contributed by atoms with Gasteiger partial charge in [-0.25, -0.2) is 0 Å². The second kappa shape index (κ2) is 10.1. The van der Waals surface area contributed by atoms with E-state index in [1.807, 2.05) is 13.8 Å². The van der Waals surface area contributed by atoms with Crippen LogP contribution in [0.25, 0.3) is 0 Å². The summed E-state index contributed by atoms with van der Waals surface area (Å²) in [6.07, 6.45) is 3.08. The number of para-hydroxylation sites is 1. The topological polar surface area (TPSA) is 96.4 Å². The van der Waals surface area contributed by atoms with Crippen molar-refractivity contribution in [3.05, 3.63) is 41.9 Å². The maximum atomic E-state index is 14.4. The Bertz CT molecular complexity index is 1050. The fraction of sp³-hybridized carbons (Fsp3) is 0.593. The van der Waals surface area contributed by atoms with Crippen molar-refractivity contribution in [1.82, 2.24) is 4.90 Å². The van der Waals surface area contributed by atoms with Crippen LogP contribution < -0.4 is 4.90 Å². The molecule has 0 aliphatic carbocycles. The third-order valence-electron chi connectivity index (χ3n) is 8.12. The number of nitrogens with zero attached hydrogens (tertiary/aromatic N) is 2. The smallest absolute Gasteiger partial charge is 0.312 e. The molecular formula is C27H35ClN2O6. The third-order valence-corrected chi connectivity index (χ3v) is 8.44. The zero-order chi connectivity index (χ0) is 26.3. The minimum Gasteiger partial charge on any atom is -0.466 e. The number of unbranched alkanes of at least 4 members (excludes halogenated alkanes) is 1. The van der Waals surface area contributed by atoms with E-state index in [-0.39, 0.29) is 44.0 Å². The van der Waals surface area contributed by atoms with Crippen LogP contribution in [0.2, 0.25) is 5.02 Å². The Hall–Kier alpha value is -2.42. The summed E-state index contributed by atoms with van der Waals surface area (Å²) in [5.74, 6) is -2.78. The highest BCUT2D eigenvalue weighted by atomic mass is 35.5. The van der Waals surface area contributed by atoms with Crippen molar-refractivity contribution in [2.75, 3.05) is 31.2 Å². The van der Waals surface area contributed by atoms with Gasteiger partial charge in [-0.15, -0.1) is 6.58 Å². The first-order chi connectivity index (χ1) is 17.2. The molecule has 6 atom stereocenters. The number of aliphatic hydroxyl groups is 1. The highest BCUT2D eigenvalue weighted by molar-refractivity contribution is 6.34. The molecule has 3 aliphatic rings. The summed E-state index contributed by atoms with van der Waals surface area (Å²) < 4.78 is 12.1. The minimum atomic E-state index is -1.17. The molecule has 3 heterocycles. The van der Waals surface area contributed by atoms with E-state index in [1.165, 1.54) is 4.90 Å². The molecule has 2 amide bonds. The number of aliphatic hydroxyl groups excluding tert-OH is 1. The molecule has 4 rings (SSSR count). The lowest BCUT2D eigenvalue weighted by atomic mass is 9.62. The Kier molecular flexibility index (Phi) is 7.51. The number of hydrogen-bond acceptors (Lipinski definition) is 6. The van der Waals surface area contributed by atoms with E-state index < -0.39 is 35.0 Å². The van der Waals surface area contributed by atoms with Crippen molar-refractivity contribution in [3.8, 4) is 0 Å². The Labute approximate surface area is 217 Å². The maximum Gasteiger partial charge on any atom is 0.312 e. The molecule has 1 aromatic carbocycles. The van der Waals surface area contributed by atoms with Crippen molar-refractivity contribution >= 4 is 35.1 Å². The number of carbonyl (C=O) groups is 3. The minimum absolute atomic E-state index is 0.0194. The lowest BCUT2D eigenvalue weighted by molar-refractivity contribution is -0.161. The molecule has 196 valence electrons. The molecule has 0 radical (unpaired) electrons. The standard InChI is InChI=1S/C27H35ClN2O6/c1-5-13-29(19-12-8-7-11-18(19)28)24(33)22-27-16-17(3)26(4,36-27)21(25(34)35-6-2)20(27)23(32)30(22)14-9-10-15-31/h5,7-8,11-12,17,20-22,31H,1,6,9-10,13-16H2,2-4H3/t17?,20-,21-,22?,26+,27?/m0/s1. The third kappa shape index (κ3) is 3.94. The average molecular weight is 519 g/mol. The largest absolute Gasteiger partial charge is 0.466 e. The highest BCUT2D eigenvalue weighted by Gasteiger charge is 2.80. The van der Waals surface area contributed by atoms with Gasteiger partial charge in [-0.1, -0.05) is 36.7 Å². The first-order valence-corrected chi connectivity index (χ1v) is 13.0. The van der Waals surface area contributed by atoms with E-state index in [4.69, 9.17) is 21.1 Å². The van der Waals surface area contributed by atoms with E-state index in [1.54, 1.807) is 42.2 Å². The number of hydrogen-bond donors (Lipinski definition) is 1. The van der Waals surface area contributed by atoms with E-state index in [2.05, 4.69) is 6.58 Å². The van der Waals surface area contributed by atoms with Gasteiger partial charge < -0.3 is 24.4 Å². The van der Waals surface area contributed by atoms with Crippen LogP contribution in [-0.2, 0) is 23.9 Å². The Morgan fingerprint density at radius 1 is 1.36 bits per heavy atom. The van der Waals surface area contributed by atoms with Gasteiger partial charge in [0.2, 0.25) is 5.91 Å². The van der Waals surface area contributed by atoms with Gasteiger partial charge in [-0.3, -0.25) is 14.4 Å². The van der Waals surface area contributed by atoms with Gasteiger partial charge >= 0.3 is 5.97 Å². The Morgan fingerprint density at radius 3 is 2.72 bits per heavy atom. The predicted octanol–water partition coefficient (Wildman–Crippen LogP) is 3.21. The Balaban J connectivity index is 1.82. The number of fused-ring (bicyclic) bond motifs is 1. The zero-order valence-corrected chi connectivity index (χ0v) is 21.9. The van der Waals surface area contributed by atoms with Crippen molar-refractivity contribution in [2.24, 2.45) is 17.8 Å². The molecule has 3 unspecified atom stereocenters. The van der Waals surface area contributed by atoms with E-state index in [9.17, 15) is 19.5 Å². The highest BCUT2D eigenvalue weighted by Crippen LogP contribution is 2.65. The van der Waals surface area contributed by atoms with Gasteiger partial charge in [-0.05, 0) is 51.2 Å². The number of likely N-dealkylation sites (tertiary alicyclic amines) is 1. The maximum absolute atomic E-state index is 14.4. The monoisotopic (exact) mass is 518 g/mol. The molecule has 0 aromatic heterocycles. The molecule has 2 bridgehead atoms. The molecule has 0 saturated carbocycles. The van der Waals surface area contributed by atoms with E-state index >= 15 is 0 Å². The second-order valence-corrected chi connectivity index (χ2v) is 10.5. The molecule has 3 saturated heterocycles. The van der Waals surface area contributed by atoms with Gasteiger partial charge in [-0.2, -0.15) is 0 Å². The van der Waals surface area contributed by atoms with Gasteiger partial charge in [0.25, 0.3) is 5.91 Å². The first kappa shape index (κ1) is 26.6. The number of anilines is 1. The van der Waals surface area contributed by atoms with E-state index in [0.29, 0.717) is 30.0 Å². The molecule has 9 heteroatoms. The van der Waals surface area contributed by atoms with Crippen LogP contribution in [0.5, 0.6) is 0 Å². The van der Waals surface area contributed by atoms with Crippen LogP contribution in [0.4, 0.5) is 5.69 Å². The molecule has 8 nitrogen and oxygen atoms in total. The summed E-state index contributed by atoms with van der Waals surface area (Å²) in [7, 11) is 0. The number of amides is 2. The summed E-state index contributed by atoms with van der Waals surface area (Å²) in [5.41, 5.74) is -1.57. The van der Waals surface area contributed by atoms with Crippen LogP contribution in [0.1, 0.15) is 40.0 Å². The van der Waals surface area contributed by atoms with Crippen molar-refractivity contribution in [2.45, 2.75) is 57.3 Å². The van der Waals surface area contributed by atoms with Gasteiger partial charge in [0.05, 0.1) is 28.8 Å². The number of carbonyl (C=O) groups excluding carboxylic acids is 3. The van der Waals surface area contributed by atoms with Gasteiger partial charge in [0.15, 0.2) is 0 Å². The van der Waals surface area contributed by atoms with Crippen molar-refractivity contribution in [1.29, 1.82) is 0 Å². The number of halogens is 1. The average Bonchev–Trinajstić information content (AvgIpc) is 3.35. The molecule has 1 spiro atoms. The SMILES string of the molecule is C=CCN(C(=O)C1N(CCCCO)C(=O)[C@@H]2[C@@H](C(=O)OCC)[C@]3(C)OC12CC3C)c1ccccc1Cl. The van der Waals surface area contributed by atoms with E-state index in [0.717, 1.165) is 0 Å². The molecule has 1 aromatic rings. The molecule has 36 heavy (non-hydrogen) atoms. The molecule has 3 aliphatic heterocycles. The summed E-state index contributed by atoms with van der Waals surface area (Å²) in [5, 5.41) is 9.74. The first-order valence-electron chi connectivity index (χ1n) is 12.6. The lowest BCUT2D eigenvalue weighted by Gasteiger charge is -2.37. The zero-order valence-electron chi connectivity index (χ0n) is 21.1. The normalized spacial score (nSPS) is 32.5.